The maximum atomic E-state index is 15.1. The van der Waals surface area contributed by atoms with Crippen LogP contribution in [0.5, 0.6) is 5.88 Å². The minimum Gasteiger partial charge on any atom is -0.480 e. The number of sulfonamides is 1. The Hall–Kier alpha value is -4.30. The first-order chi connectivity index (χ1) is 20.0. The summed E-state index contributed by atoms with van der Waals surface area (Å²) in [6.07, 6.45) is 5.56. The van der Waals surface area contributed by atoms with Gasteiger partial charge in [0, 0.05) is 48.0 Å². The summed E-state index contributed by atoms with van der Waals surface area (Å²) in [4.78, 5) is 37.2. The van der Waals surface area contributed by atoms with Crippen LogP contribution < -0.4 is 26.1 Å². The van der Waals surface area contributed by atoms with Crippen LogP contribution >= 0.6 is 11.6 Å². The molecule has 0 bridgehead atoms. The topological polar surface area (TPSA) is 171 Å². The molecule has 0 saturated heterocycles. The van der Waals surface area contributed by atoms with Gasteiger partial charge >= 0.3 is 0 Å². The van der Waals surface area contributed by atoms with Gasteiger partial charge in [0.05, 0.1) is 17.7 Å². The standard InChI is InChI=1S/C27H27ClFN7O5S/c1-36-24-15(12-32-27(34-24)33-17-5-3-14(4-6-17)23(30)37)9-20(26(36)38)19-11-18(7-8-21(19)29)35-42(39,40)22-10-16(28)13-31-25(22)41-2/h7-14,17,35H,3-6H2,1-2H3,(H2,30,37)(H,32,33,34). The lowest BCUT2D eigenvalue weighted by molar-refractivity contribution is -0.122. The number of nitrogens with one attached hydrogen (secondary N) is 2. The van der Waals surface area contributed by atoms with Crippen LogP contribution in [0.4, 0.5) is 16.0 Å². The lowest BCUT2D eigenvalue weighted by Crippen LogP contribution is -2.33. The van der Waals surface area contributed by atoms with Crippen molar-refractivity contribution < 1.29 is 22.3 Å². The van der Waals surface area contributed by atoms with Gasteiger partial charge in [-0.25, -0.2) is 22.8 Å². The van der Waals surface area contributed by atoms with E-state index in [2.05, 4.69) is 25.0 Å². The minimum atomic E-state index is -4.25. The molecule has 3 aromatic heterocycles. The van der Waals surface area contributed by atoms with E-state index in [1.807, 2.05) is 0 Å². The second-order valence-electron chi connectivity index (χ2n) is 9.95. The molecule has 0 atom stereocenters. The zero-order valence-corrected chi connectivity index (χ0v) is 24.2. The molecule has 0 spiro atoms. The molecule has 1 fully saturated rings. The molecule has 0 unspecified atom stereocenters. The molecule has 12 nitrogen and oxygen atoms in total. The van der Waals surface area contributed by atoms with Crippen LogP contribution in [0.25, 0.3) is 22.2 Å². The molecule has 15 heteroatoms. The third-order valence-corrected chi connectivity index (χ3v) is 8.77. The van der Waals surface area contributed by atoms with Crippen LogP contribution in [0, 0.1) is 11.7 Å². The number of hydrogen-bond acceptors (Lipinski definition) is 9. The Morgan fingerprint density at radius 1 is 1.12 bits per heavy atom. The monoisotopic (exact) mass is 615 g/mol. The third kappa shape index (κ3) is 5.85. The second kappa shape index (κ2) is 11.5. The summed E-state index contributed by atoms with van der Waals surface area (Å²) in [5.41, 5.74) is 5.05. The summed E-state index contributed by atoms with van der Waals surface area (Å²) in [6, 6.07) is 6.19. The molecule has 0 radical (unpaired) electrons. The zero-order valence-electron chi connectivity index (χ0n) is 22.6. The number of primary amides is 1. The van der Waals surface area contributed by atoms with E-state index in [1.54, 1.807) is 0 Å². The van der Waals surface area contributed by atoms with E-state index in [0.29, 0.717) is 29.8 Å². The van der Waals surface area contributed by atoms with Gasteiger partial charge in [0.1, 0.15) is 11.5 Å². The Labute approximate surface area is 245 Å². The fourth-order valence-electron chi connectivity index (χ4n) is 4.97. The van der Waals surface area contributed by atoms with Crippen molar-refractivity contribution in [3.63, 3.8) is 0 Å². The second-order valence-corrected chi connectivity index (χ2v) is 12.0. The van der Waals surface area contributed by atoms with E-state index in [-0.39, 0.29) is 50.5 Å². The number of ether oxygens (including phenoxy) is 1. The van der Waals surface area contributed by atoms with Gasteiger partial charge in [-0.15, -0.1) is 0 Å². The number of rotatable bonds is 8. The molecule has 4 N–H and O–H groups in total. The van der Waals surface area contributed by atoms with Crippen molar-refractivity contribution in [3.05, 3.63) is 63.9 Å². The number of anilines is 2. The molecule has 1 aliphatic carbocycles. The van der Waals surface area contributed by atoms with E-state index in [1.165, 1.54) is 55.4 Å². The van der Waals surface area contributed by atoms with Gasteiger partial charge in [0.2, 0.25) is 17.7 Å². The molecule has 220 valence electrons. The van der Waals surface area contributed by atoms with Crippen molar-refractivity contribution in [1.29, 1.82) is 0 Å². The number of aromatic nitrogens is 4. The largest absolute Gasteiger partial charge is 0.480 e. The highest BCUT2D eigenvalue weighted by Gasteiger charge is 2.26. The lowest BCUT2D eigenvalue weighted by atomic mass is 9.86. The Morgan fingerprint density at radius 3 is 2.55 bits per heavy atom. The van der Waals surface area contributed by atoms with Gasteiger partial charge in [0.15, 0.2) is 4.90 Å². The number of benzene rings is 1. The molecule has 0 aliphatic heterocycles. The van der Waals surface area contributed by atoms with Crippen molar-refractivity contribution >= 4 is 50.2 Å². The lowest BCUT2D eigenvalue weighted by Gasteiger charge is -2.27. The van der Waals surface area contributed by atoms with Gasteiger partial charge in [-0.05, 0) is 56.0 Å². The predicted molar refractivity (Wildman–Crippen MR) is 155 cm³/mol. The van der Waals surface area contributed by atoms with Crippen LogP contribution in [0.15, 0.2) is 52.4 Å². The summed E-state index contributed by atoms with van der Waals surface area (Å²) in [7, 11) is -1.48. The number of amides is 1. The van der Waals surface area contributed by atoms with E-state index in [9.17, 15) is 18.0 Å². The highest BCUT2D eigenvalue weighted by molar-refractivity contribution is 7.92. The Balaban J connectivity index is 1.44. The minimum absolute atomic E-state index is 0.00238. The van der Waals surface area contributed by atoms with Crippen molar-refractivity contribution in [2.24, 2.45) is 18.7 Å². The molecule has 1 aromatic carbocycles. The Bertz CT molecular complexity index is 1860. The van der Waals surface area contributed by atoms with Crippen LogP contribution in [0.1, 0.15) is 25.7 Å². The maximum absolute atomic E-state index is 15.1. The summed E-state index contributed by atoms with van der Waals surface area (Å²) in [6.45, 7) is 0. The highest BCUT2D eigenvalue weighted by atomic mass is 35.5. The van der Waals surface area contributed by atoms with Crippen molar-refractivity contribution in [2.45, 2.75) is 36.6 Å². The molecule has 5 rings (SSSR count). The first-order valence-corrected chi connectivity index (χ1v) is 14.8. The maximum Gasteiger partial charge on any atom is 0.267 e. The summed E-state index contributed by atoms with van der Waals surface area (Å²) in [5, 5.41) is 3.80. The van der Waals surface area contributed by atoms with Crippen LogP contribution in [0.3, 0.4) is 0 Å². The number of halogens is 2. The number of carbonyl (C=O) groups is 1. The van der Waals surface area contributed by atoms with E-state index in [4.69, 9.17) is 22.1 Å². The molecular weight excluding hydrogens is 589 g/mol. The average molecular weight is 616 g/mol. The third-order valence-electron chi connectivity index (χ3n) is 7.19. The molecule has 42 heavy (non-hydrogen) atoms. The van der Waals surface area contributed by atoms with E-state index >= 15 is 4.39 Å². The average Bonchev–Trinajstić information content (AvgIpc) is 2.96. The van der Waals surface area contributed by atoms with Crippen LogP contribution in [0.2, 0.25) is 5.02 Å². The Kier molecular flexibility index (Phi) is 8.01. The molecule has 3 heterocycles. The zero-order chi connectivity index (χ0) is 30.2. The number of hydrogen-bond donors (Lipinski definition) is 3. The number of pyridine rings is 2. The number of methoxy groups -OCH3 is 1. The van der Waals surface area contributed by atoms with Crippen LogP contribution in [-0.4, -0.2) is 47.0 Å². The number of fused-ring (bicyclic) bond motifs is 1. The quantitative estimate of drug-likeness (QED) is 0.268. The molecule has 1 aliphatic rings. The molecular formula is C27H27ClFN7O5S. The molecule has 1 saturated carbocycles. The number of carbonyl (C=O) groups excluding carboxylic acids is 1. The van der Waals surface area contributed by atoms with Gasteiger partial charge in [0.25, 0.3) is 15.6 Å². The SMILES string of the molecule is COc1ncc(Cl)cc1S(=O)(=O)Nc1ccc(F)c(-c2cc3cnc(NC4CCC(C(N)=O)CC4)nc3n(C)c2=O)c1. The van der Waals surface area contributed by atoms with Gasteiger partial charge in [-0.1, -0.05) is 11.6 Å². The van der Waals surface area contributed by atoms with Crippen molar-refractivity contribution in [3.8, 4) is 17.0 Å². The van der Waals surface area contributed by atoms with Crippen LogP contribution in [-0.2, 0) is 21.9 Å². The first-order valence-electron chi connectivity index (χ1n) is 12.9. The Morgan fingerprint density at radius 2 is 1.86 bits per heavy atom. The van der Waals surface area contributed by atoms with E-state index in [0.717, 1.165) is 18.9 Å². The van der Waals surface area contributed by atoms with Crippen molar-refractivity contribution in [2.75, 3.05) is 17.1 Å². The summed E-state index contributed by atoms with van der Waals surface area (Å²) < 4.78 is 49.9. The smallest absolute Gasteiger partial charge is 0.267 e. The molecule has 4 aromatic rings. The summed E-state index contributed by atoms with van der Waals surface area (Å²) in [5.74, 6) is -1.02. The van der Waals surface area contributed by atoms with Gasteiger partial charge < -0.3 is 15.8 Å². The highest BCUT2D eigenvalue weighted by Crippen LogP contribution is 2.30. The fourth-order valence-corrected chi connectivity index (χ4v) is 6.39. The van der Waals surface area contributed by atoms with Gasteiger partial charge in [-0.3, -0.25) is 18.9 Å². The normalized spacial score (nSPS) is 17.1. The predicted octanol–water partition coefficient (Wildman–Crippen LogP) is 3.45. The van der Waals surface area contributed by atoms with E-state index < -0.39 is 21.4 Å². The fraction of sp³-hybridized carbons (Fsp3) is 0.296. The molecule has 1 amide bonds. The van der Waals surface area contributed by atoms with Gasteiger partial charge in [-0.2, -0.15) is 4.98 Å². The number of nitrogens with two attached hydrogens (primary N) is 1. The number of aryl methyl sites for hydroxylation is 1. The number of nitrogens with zero attached hydrogens (tertiary/aromatic N) is 4. The first kappa shape index (κ1) is 29.2. The van der Waals surface area contributed by atoms with Crippen molar-refractivity contribution in [1.82, 2.24) is 19.5 Å². The summed E-state index contributed by atoms with van der Waals surface area (Å²) >= 11 is 5.94.